The van der Waals surface area contributed by atoms with Gasteiger partial charge in [0.15, 0.2) is 12.4 Å². The number of ether oxygens (including phenoxy) is 4. The lowest BCUT2D eigenvalue weighted by Crippen LogP contribution is -2.60. The third-order valence-corrected chi connectivity index (χ3v) is 11.7. The number of allylic oxidation sites excluding steroid dienone is 8. The fourth-order valence-electron chi connectivity index (χ4n) is 7.20. The van der Waals surface area contributed by atoms with Crippen molar-refractivity contribution in [3.63, 3.8) is 0 Å². The number of esters is 2. The van der Waals surface area contributed by atoms with Gasteiger partial charge >= 0.3 is 11.9 Å². The van der Waals surface area contributed by atoms with Crippen LogP contribution in [0.4, 0.5) is 0 Å². The average molecular weight is 899 g/mol. The van der Waals surface area contributed by atoms with Gasteiger partial charge in [-0.15, -0.1) is 0 Å². The van der Waals surface area contributed by atoms with E-state index in [2.05, 4.69) is 62.5 Å². The maximum atomic E-state index is 12.8. The van der Waals surface area contributed by atoms with Crippen molar-refractivity contribution in [2.24, 2.45) is 0 Å². The van der Waals surface area contributed by atoms with Gasteiger partial charge in [0.1, 0.15) is 36.8 Å². The summed E-state index contributed by atoms with van der Waals surface area (Å²) in [6.45, 7) is 3.65. The van der Waals surface area contributed by atoms with E-state index in [4.69, 9.17) is 18.9 Å². The molecule has 6 unspecified atom stereocenters. The lowest BCUT2D eigenvalue weighted by Gasteiger charge is -2.40. The second kappa shape index (κ2) is 39.0. The van der Waals surface area contributed by atoms with Gasteiger partial charge in [-0.3, -0.25) is 14.1 Å². The highest BCUT2D eigenvalue weighted by molar-refractivity contribution is 7.85. The third-order valence-electron chi connectivity index (χ3n) is 10.9. The normalized spacial score (nSPS) is 20.3. The summed E-state index contributed by atoms with van der Waals surface area (Å²) >= 11 is 0. The molecular formula is C49H86O12S. The number of rotatable bonds is 40. The molecule has 1 rings (SSSR count). The average Bonchev–Trinajstić information content (AvgIpc) is 3.24. The Hall–Kier alpha value is -2.39. The number of carbonyl (C=O) groups excluding carboxylic acids is 2. The fourth-order valence-corrected chi connectivity index (χ4v) is 7.89. The van der Waals surface area contributed by atoms with Gasteiger partial charge in [-0.1, -0.05) is 178 Å². The molecule has 1 heterocycles. The zero-order valence-corrected chi connectivity index (χ0v) is 39.3. The summed E-state index contributed by atoms with van der Waals surface area (Å²) in [6, 6.07) is 0. The molecule has 6 atom stereocenters. The maximum Gasteiger partial charge on any atom is 0.306 e. The van der Waals surface area contributed by atoms with Crippen molar-refractivity contribution >= 4 is 22.1 Å². The van der Waals surface area contributed by atoms with E-state index in [0.29, 0.717) is 12.8 Å². The molecule has 1 saturated heterocycles. The molecule has 13 heteroatoms. The van der Waals surface area contributed by atoms with E-state index >= 15 is 0 Å². The Morgan fingerprint density at radius 1 is 0.565 bits per heavy atom. The van der Waals surface area contributed by atoms with Gasteiger partial charge < -0.3 is 34.3 Å². The first-order valence-electron chi connectivity index (χ1n) is 24.2. The molecule has 4 N–H and O–H groups in total. The summed E-state index contributed by atoms with van der Waals surface area (Å²) in [4.78, 5) is 25.4. The van der Waals surface area contributed by atoms with Crippen LogP contribution in [0.5, 0.6) is 0 Å². The summed E-state index contributed by atoms with van der Waals surface area (Å²) in [7, 11) is -4.60. The smallest absolute Gasteiger partial charge is 0.306 e. The van der Waals surface area contributed by atoms with Gasteiger partial charge in [0.2, 0.25) is 0 Å². The molecule has 0 aromatic rings. The largest absolute Gasteiger partial charge is 0.462 e. The third kappa shape index (κ3) is 33.2. The highest BCUT2D eigenvalue weighted by Crippen LogP contribution is 2.24. The first kappa shape index (κ1) is 57.6. The van der Waals surface area contributed by atoms with Crippen LogP contribution in [0.1, 0.15) is 194 Å². The molecular weight excluding hydrogens is 813 g/mol. The molecule has 0 spiro atoms. The second-order valence-electron chi connectivity index (χ2n) is 16.8. The molecule has 12 nitrogen and oxygen atoms in total. The van der Waals surface area contributed by atoms with Crippen LogP contribution >= 0.6 is 0 Å². The van der Waals surface area contributed by atoms with E-state index in [0.717, 1.165) is 77.0 Å². The Balaban J connectivity index is 2.40. The zero-order chi connectivity index (χ0) is 45.5. The standard InChI is InChI=1S/C49H86O12S/c1-3-5-7-9-11-13-15-17-18-19-20-21-22-23-24-26-28-30-32-34-36-38-45(51)60-42(40-59-49-48(54)47(53)46(52)43(61-49)41-62(55,56)57)39-58-44(50)37-35-33-31-29-27-25-16-14-12-10-8-6-4-2/h5,7,11,13,17-18,20-21,42-43,46-49,52-54H,3-4,6,8-10,12,14-16,19,22-41H2,1-2H3,(H,55,56,57)/b7-5-,13-11-,18-17-,21-20-. The number of aliphatic hydroxyl groups is 3. The minimum absolute atomic E-state index is 0.155. The van der Waals surface area contributed by atoms with E-state index < -0.39 is 71.2 Å². The lowest BCUT2D eigenvalue weighted by molar-refractivity contribution is -0.297. The van der Waals surface area contributed by atoms with Crippen molar-refractivity contribution in [3.05, 3.63) is 48.6 Å². The monoisotopic (exact) mass is 899 g/mol. The van der Waals surface area contributed by atoms with Gasteiger partial charge in [-0.2, -0.15) is 8.42 Å². The van der Waals surface area contributed by atoms with Crippen LogP contribution in [0.3, 0.4) is 0 Å². The van der Waals surface area contributed by atoms with Gasteiger partial charge in [-0.05, 0) is 51.4 Å². The molecule has 0 bridgehead atoms. The van der Waals surface area contributed by atoms with E-state index in [1.165, 1.54) is 77.0 Å². The van der Waals surface area contributed by atoms with Gasteiger partial charge in [0.05, 0.1) is 6.61 Å². The minimum Gasteiger partial charge on any atom is -0.462 e. The predicted molar refractivity (Wildman–Crippen MR) is 247 cm³/mol. The number of carbonyl (C=O) groups is 2. The summed E-state index contributed by atoms with van der Waals surface area (Å²) in [6.07, 6.45) is 37.2. The lowest BCUT2D eigenvalue weighted by atomic mass is 10.00. The summed E-state index contributed by atoms with van der Waals surface area (Å²) in [5.74, 6) is -1.99. The van der Waals surface area contributed by atoms with Gasteiger partial charge in [-0.25, -0.2) is 0 Å². The van der Waals surface area contributed by atoms with Crippen molar-refractivity contribution in [1.82, 2.24) is 0 Å². The van der Waals surface area contributed by atoms with Crippen LogP contribution in [0.2, 0.25) is 0 Å². The van der Waals surface area contributed by atoms with Crippen LogP contribution in [0, 0.1) is 0 Å². The highest BCUT2D eigenvalue weighted by atomic mass is 32.2. The maximum absolute atomic E-state index is 12.8. The Morgan fingerprint density at radius 3 is 1.52 bits per heavy atom. The fraction of sp³-hybridized carbons (Fsp3) is 0.796. The van der Waals surface area contributed by atoms with Crippen LogP contribution in [0.15, 0.2) is 48.6 Å². The summed E-state index contributed by atoms with van der Waals surface area (Å²) < 4.78 is 54.1. The van der Waals surface area contributed by atoms with Crippen molar-refractivity contribution < 1.29 is 56.8 Å². The van der Waals surface area contributed by atoms with Gasteiger partial charge in [0.25, 0.3) is 10.1 Å². The number of unbranched alkanes of at least 4 members (excludes halogenated alkanes) is 20. The van der Waals surface area contributed by atoms with Crippen molar-refractivity contribution in [1.29, 1.82) is 0 Å². The predicted octanol–water partition coefficient (Wildman–Crippen LogP) is 10.3. The van der Waals surface area contributed by atoms with Crippen LogP contribution < -0.4 is 0 Å². The number of hydrogen-bond acceptors (Lipinski definition) is 11. The van der Waals surface area contributed by atoms with Crippen molar-refractivity contribution in [3.8, 4) is 0 Å². The van der Waals surface area contributed by atoms with E-state index in [9.17, 15) is 37.9 Å². The molecule has 0 aromatic heterocycles. The topological polar surface area (TPSA) is 186 Å². The van der Waals surface area contributed by atoms with E-state index in [1.54, 1.807) is 0 Å². The molecule has 0 amide bonds. The molecule has 1 aliphatic rings. The van der Waals surface area contributed by atoms with Crippen LogP contribution in [-0.4, -0.2) is 96.0 Å². The Labute approximate surface area is 375 Å². The highest BCUT2D eigenvalue weighted by Gasteiger charge is 2.46. The molecule has 0 aromatic carbocycles. The molecule has 0 saturated carbocycles. The molecule has 62 heavy (non-hydrogen) atoms. The Morgan fingerprint density at radius 2 is 1.02 bits per heavy atom. The van der Waals surface area contributed by atoms with Crippen LogP contribution in [0.25, 0.3) is 0 Å². The molecule has 0 radical (unpaired) electrons. The molecule has 1 fully saturated rings. The van der Waals surface area contributed by atoms with E-state index in [-0.39, 0.29) is 19.4 Å². The van der Waals surface area contributed by atoms with E-state index in [1.807, 2.05) is 0 Å². The van der Waals surface area contributed by atoms with Crippen LogP contribution in [-0.2, 0) is 38.7 Å². The number of aliphatic hydroxyl groups excluding tert-OH is 3. The first-order valence-corrected chi connectivity index (χ1v) is 25.8. The first-order chi connectivity index (χ1) is 30.0. The molecule has 1 aliphatic heterocycles. The van der Waals surface area contributed by atoms with Gasteiger partial charge in [0, 0.05) is 12.8 Å². The van der Waals surface area contributed by atoms with Crippen molar-refractivity contribution in [2.75, 3.05) is 19.0 Å². The Bertz CT molecular complexity index is 1330. The zero-order valence-electron chi connectivity index (χ0n) is 38.5. The SMILES string of the molecule is CC/C=C\C/C=C\C/C=C\C/C=C\CCCCCCCCCCC(=O)OC(COC(=O)CCCCCCCCCCCCCCC)COC1OC(CS(=O)(=O)O)C(O)C(O)C1O. The molecule has 360 valence electrons. The second-order valence-corrected chi connectivity index (χ2v) is 18.2. The Kier molecular flexibility index (Phi) is 36.3. The summed E-state index contributed by atoms with van der Waals surface area (Å²) in [5, 5.41) is 30.9. The van der Waals surface area contributed by atoms with Crippen molar-refractivity contribution in [2.45, 2.75) is 230 Å². The minimum atomic E-state index is -4.60. The number of hydrogen-bond donors (Lipinski definition) is 4. The quantitative estimate of drug-likeness (QED) is 0.0198. The summed E-state index contributed by atoms with van der Waals surface area (Å²) in [5.41, 5.74) is 0. The molecule has 0 aliphatic carbocycles.